The molecule has 0 heterocycles. The molecule has 0 fully saturated rings. The van der Waals surface area contributed by atoms with Crippen molar-refractivity contribution in [2.24, 2.45) is 0 Å². The molecule has 0 aliphatic heterocycles. The van der Waals surface area contributed by atoms with Crippen LogP contribution in [0.5, 0.6) is 0 Å². The fourth-order valence-corrected chi connectivity index (χ4v) is 1.47. The average Bonchev–Trinajstić information content (AvgIpc) is 2.15. The molecule has 1 aromatic rings. The summed E-state index contributed by atoms with van der Waals surface area (Å²) >= 11 is 0. The highest BCUT2D eigenvalue weighted by Crippen LogP contribution is 2.22. The van der Waals surface area contributed by atoms with Gasteiger partial charge in [0.05, 0.1) is 0 Å². The SMILES string of the molecule is CC(C)NCC(C)(C)c1cccc(F)c1. The van der Waals surface area contributed by atoms with Crippen LogP contribution in [0.2, 0.25) is 0 Å². The Labute approximate surface area is 91.7 Å². The second-order valence-electron chi connectivity index (χ2n) is 4.93. The van der Waals surface area contributed by atoms with E-state index in [9.17, 15) is 4.39 Å². The molecule has 0 spiro atoms. The molecule has 0 atom stereocenters. The molecular formula is C13H20FN. The first-order valence-corrected chi connectivity index (χ1v) is 5.41. The molecule has 0 radical (unpaired) electrons. The summed E-state index contributed by atoms with van der Waals surface area (Å²) in [6, 6.07) is 7.29. The van der Waals surface area contributed by atoms with Gasteiger partial charge < -0.3 is 5.32 Å². The van der Waals surface area contributed by atoms with E-state index < -0.39 is 0 Å². The predicted octanol–water partition coefficient (Wildman–Crippen LogP) is 3.10. The van der Waals surface area contributed by atoms with E-state index in [1.54, 1.807) is 12.1 Å². The Bertz CT molecular complexity index is 318. The Kier molecular flexibility index (Phi) is 3.86. The third kappa shape index (κ3) is 3.63. The van der Waals surface area contributed by atoms with Gasteiger partial charge in [-0.2, -0.15) is 0 Å². The lowest BCUT2D eigenvalue weighted by Crippen LogP contribution is -2.36. The summed E-state index contributed by atoms with van der Waals surface area (Å²) in [5.74, 6) is -0.162. The monoisotopic (exact) mass is 209 g/mol. The number of rotatable bonds is 4. The summed E-state index contributed by atoms with van der Waals surface area (Å²) in [5, 5.41) is 3.38. The standard InChI is InChI=1S/C13H20FN/c1-10(2)15-9-13(3,4)11-6-5-7-12(14)8-11/h5-8,10,15H,9H2,1-4H3. The van der Waals surface area contributed by atoms with E-state index in [1.807, 2.05) is 6.07 Å². The second-order valence-corrected chi connectivity index (χ2v) is 4.93. The molecule has 1 N–H and O–H groups in total. The molecule has 0 saturated heterocycles. The minimum atomic E-state index is -0.162. The summed E-state index contributed by atoms with van der Waals surface area (Å²) in [7, 11) is 0. The van der Waals surface area contributed by atoms with E-state index in [4.69, 9.17) is 0 Å². The summed E-state index contributed by atoms with van der Waals surface area (Å²) in [4.78, 5) is 0. The van der Waals surface area contributed by atoms with E-state index in [-0.39, 0.29) is 11.2 Å². The van der Waals surface area contributed by atoms with Gasteiger partial charge >= 0.3 is 0 Å². The Morgan fingerprint density at radius 3 is 2.53 bits per heavy atom. The molecule has 1 rings (SSSR count). The minimum absolute atomic E-state index is 0.0353. The maximum Gasteiger partial charge on any atom is 0.123 e. The van der Waals surface area contributed by atoms with Crippen LogP contribution in [0, 0.1) is 5.82 Å². The van der Waals surface area contributed by atoms with Crippen molar-refractivity contribution in [1.82, 2.24) is 5.32 Å². The molecule has 2 heteroatoms. The maximum absolute atomic E-state index is 13.1. The molecule has 0 aromatic heterocycles. The molecule has 0 amide bonds. The van der Waals surface area contributed by atoms with Crippen LogP contribution in [0.3, 0.4) is 0 Å². The molecule has 15 heavy (non-hydrogen) atoms. The third-order valence-corrected chi connectivity index (χ3v) is 2.56. The van der Waals surface area contributed by atoms with Crippen LogP contribution in [0.15, 0.2) is 24.3 Å². The van der Waals surface area contributed by atoms with Gasteiger partial charge in [-0.3, -0.25) is 0 Å². The molecular weight excluding hydrogens is 189 g/mol. The molecule has 0 unspecified atom stereocenters. The predicted molar refractivity (Wildman–Crippen MR) is 62.6 cm³/mol. The van der Waals surface area contributed by atoms with E-state index in [0.717, 1.165) is 12.1 Å². The van der Waals surface area contributed by atoms with Gasteiger partial charge in [-0.1, -0.05) is 39.8 Å². The minimum Gasteiger partial charge on any atom is -0.314 e. The van der Waals surface area contributed by atoms with Crippen molar-refractivity contribution in [1.29, 1.82) is 0 Å². The summed E-state index contributed by atoms with van der Waals surface area (Å²) < 4.78 is 13.1. The van der Waals surface area contributed by atoms with Crippen LogP contribution in [0.1, 0.15) is 33.3 Å². The Morgan fingerprint density at radius 1 is 1.33 bits per heavy atom. The number of hydrogen-bond acceptors (Lipinski definition) is 1. The maximum atomic E-state index is 13.1. The van der Waals surface area contributed by atoms with Crippen LogP contribution in [0.4, 0.5) is 4.39 Å². The zero-order valence-electron chi connectivity index (χ0n) is 9.97. The van der Waals surface area contributed by atoms with Crippen molar-refractivity contribution in [2.45, 2.75) is 39.2 Å². The van der Waals surface area contributed by atoms with Crippen LogP contribution in [-0.4, -0.2) is 12.6 Å². The van der Waals surface area contributed by atoms with Crippen LogP contribution < -0.4 is 5.32 Å². The Hall–Kier alpha value is -0.890. The lowest BCUT2D eigenvalue weighted by molar-refractivity contribution is 0.439. The topological polar surface area (TPSA) is 12.0 Å². The van der Waals surface area contributed by atoms with Crippen LogP contribution in [0.25, 0.3) is 0 Å². The van der Waals surface area contributed by atoms with Gasteiger partial charge in [0, 0.05) is 18.0 Å². The van der Waals surface area contributed by atoms with Gasteiger partial charge in [-0.05, 0) is 17.7 Å². The first-order valence-electron chi connectivity index (χ1n) is 5.41. The molecule has 84 valence electrons. The quantitative estimate of drug-likeness (QED) is 0.803. The van der Waals surface area contributed by atoms with Crippen molar-refractivity contribution >= 4 is 0 Å². The smallest absolute Gasteiger partial charge is 0.123 e. The highest BCUT2D eigenvalue weighted by atomic mass is 19.1. The van der Waals surface area contributed by atoms with Gasteiger partial charge in [0.1, 0.15) is 5.82 Å². The van der Waals surface area contributed by atoms with Crippen molar-refractivity contribution in [3.05, 3.63) is 35.6 Å². The fraction of sp³-hybridized carbons (Fsp3) is 0.538. The Morgan fingerprint density at radius 2 is 2.00 bits per heavy atom. The first kappa shape index (κ1) is 12.2. The molecule has 0 aliphatic rings. The summed E-state index contributed by atoms with van der Waals surface area (Å²) in [6.45, 7) is 9.33. The summed E-state index contributed by atoms with van der Waals surface area (Å²) in [5.41, 5.74) is 1.00. The number of halogens is 1. The molecule has 0 aliphatic carbocycles. The Balaban J connectivity index is 2.76. The van der Waals surface area contributed by atoms with Gasteiger partial charge in [0.15, 0.2) is 0 Å². The third-order valence-electron chi connectivity index (χ3n) is 2.56. The number of nitrogens with one attached hydrogen (secondary N) is 1. The fourth-order valence-electron chi connectivity index (χ4n) is 1.47. The van der Waals surface area contributed by atoms with E-state index >= 15 is 0 Å². The molecule has 1 nitrogen and oxygen atoms in total. The highest BCUT2D eigenvalue weighted by molar-refractivity contribution is 5.24. The van der Waals surface area contributed by atoms with Crippen molar-refractivity contribution < 1.29 is 4.39 Å². The van der Waals surface area contributed by atoms with Crippen molar-refractivity contribution in [3.63, 3.8) is 0 Å². The highest BCUT2D eigenvalue weighted by Gasteiger charge is 2.20. The zero-order chi connectivity index (χ0) is 11.5. The average molecular weight is 209 g/mol. The van der Waals surface area contributed by atoms with Gasteiger partial charge in [-0.15, -0.1) is 0 Å². The van der Waals surface area contributed by atoms with Crippen molar-refractivity contribution in [3.8, 4) is 0 Å². The number of benzene rings is 1. The molecule has 0 bridgehead atoms. The van der Waals surface area contributed by atoms with Gasteiger partial charge in [-0.25, -0.2) is 4.39 Å². The largest absolute Gasteiger partial charge is 0.314 e. The zero-order valence-corrected chi connectivity index (χ0v) is 9.97. The normalized spacial score (nSPS) is 12.1. The van der Waals surface area contributed by atoms with E-state index in [0.29, 0.717) is 6.04 Å². The van der Waals surface area contributed by atoms with Crippen molar-refractivity contribution in [2.75, 3.05) is 6.54 Å². The lowest BCUT2D eigenvalue weighted by Gasteiger charge is -2.27. The molecule has 1 aromatic carbocycles. The lowest BCUT2D eigenvalue weighted by atomic mass is 9.84. The molecule has 0 saturated carbocycles. The van der Waals surface area contributed by atoms with Gasteiger partial charge in [0.25, 0.3) is 0 Å². The van der Waals surface area contributed by atoms with Crippen LogP contribution >= 0.6 is 0 Å². The second kappa shape index (κ2) is 4.75. The first-order chi connectivity index (χ1) is 6.92. The summed E-state index contributed by atoms with van der Waals surface area (Å²) in [6.07, 6.45) is 0. The van der Waals surface area contributed by atoms with E-state index in [1.165, 1.54) is 6.07 Å². The van der Waals surface area contributed by atoms with E-state index in [2.05, 4.69) is 33.0 Å². The van der Waals surface area contributed by atoms with Crippen LogP contribution in [-0.2, 0) is 5.41 Å². The van der Waals surface area contributed by atoms with Gasteiger partial charge in [0.2, 0.25) is 0 Å². The number of hydrogen-bond donors (Lipinski definition) is 1.